The monoisotopic (exact) mass is 339 g/mol. The number of aliphatic hydroxyl groups is 1. The minimum atomic E-state index is -0.541. The Morgan fingerprint density at radius 2 is 1.64 bits per heavy atom. The van der Waals surface area contributed by atoms with Crippen molar-refractivity contribution in [2.75, 3.05) is 13.2 Å². The summed E-state index contributed by atoms with van der Waals surface area (Å²) in [5.41, 5.74) is 4.80. The topological polar surface area (TPSA) is 58.6 Å². The largest absolute Gasteiger partial charge is 0.449 e. The van der Waals surface area contributed by atoms with Crippen LogP contribution in [0.2, 0.25) is 0 Å². The smallest absolute Gasteiger partial charge is 0.407 e. The van der Waals surface area contributed by atoms with E-state index in [1.165, 1.54) is 22.3 Å². The van der Waals surface area contributed by atoms with E-state index >= 15 is 0 Å². The highest BCUT2D eigenvalue weighted by molar-refractivity contribution is 5.79. The van der Waals surface area contributed by atoms with Crippen LogP contribution in [0.15, 0.2) is 48.5 Å². The third-order valence-electron chi connectivity index (χ3n) is 4.57. The number of benzene rings is 2. The van der Waals surface area contributed by atoms with Gasteiger partial charge in [0.1, 0.15) is 6.61 Å². The average Bonchev–Trinajstić information content (AvgIpc) is 2.92. The molecule has 2 aromatic rings. The van der Waals surface area contributed by atoms with Gasteiger partial charge in [-0.1, -0.05) is 62.4 Å². The molecule has 3 rings (SSSR count). The molecule has 25 heavy (non-hydrogen) atoms. The lowest BCUT2D eigenvalue weighted by atomic mass is 9.98. The molecule has 0 saturated carbocycles. The standard InChI is InChI=1S/C21H25NO3/c1-14(2)11-15(23)12-22-21(24)25-13-20-18-9-5-3-7-16(18)17-8-4-6-10-19(17)20/h3-10,14-15,20,23H,11-13H2,1-2H3,(H,22,24)/t15-/m0/s1. The fourth-order valence-corrected chi connectivity index (χ4v) is 3.48. The summed E-state index contributed by atoms with van der Waals surface area (Å²) in [6.45, 7) is 4.59. The van der Waals surface area contributed by atoms with Gasteiger partial charge in [-0.25, -0.2) is 4.79 Å². The summed E-state index contributed by atoms with van der Waals surface area (Å²) in [7, 11) is 0. The lowest BCUT2D eigenvalue weighted by molar-refractivity contribution is 0.120. The van der Waals surface area contributed by atoms with Gasteiger partial charge in [-0.2, -0.15) is 0 Å². The number of rotatable bonds is 6. The van der Waals surface area contributed by atoms with E-state index in [-0.39, 0.29) is 12.5 Å². The zero-order valence-corrected chi connectivity index (χ0v) is 14.7. The molecule has 0 fully saturated rings. The van der Waals surface area contributed by atoms with Crippen LogP contribution in [0.3, 0.4) is 0 Å². The second-order valence-electron chi connectivity index (χ2n) is 6.99. The summed E-state index contributed by atoms with van der Waals surface area (Å²) >= 11 is 0. The summed E-state index contributed by atoms with van der Waals surface area (Å²) in [6.07, 6.45) is -0.367. The molecule has 0 saturated heterocycles. The molecular weight excluding hydrogens is 314 g/mol. The normalized spacial score (nSPS) is 14.1. The molecule has 4 heteroatoms. The zero-order chi connectivity index (χ0) is 17.8. The lowest BCUT2D eigenvalue weighted by Crippen LogP contribution is -2.33. The van der Waals surface area contributed by atoms with Gasteiger partial charge in [0.15, 0.2) is 0 Å². The van der Waals surface area contributed by atoms with E-state index in [0.717, 1.165) is 0 Å². The molecule has 0 bridgehead atoms. The van der Waals surface area contributed by atoms with Crippen molar-refractivity contribution in [3.8, 4) is 11.1 Å². The van der Waals surface area contributed by atoms with Gasteiger partial charge in [0.25, 0.3) is 0 Å². The Kier molecular flexibility index (Phi) is 5.39. The number of amides is 1. The summed E-state index contributed by atoms with van der Waals surface area (Å²) < 4.78 is 5.43. The summed E-state index contributed by atoms with van der Waals surface area (Å²) in [6, 6.07) is 16.5. The van der Waals surface area contributed by atoms with Crippen molar-refractivity contribution in [3.05, 3.63) is 59.7 Å². The first-order valence-electron chi connectivity index (χ1n) is 8.83. The van der Waals surface area contributed by atoms with Crippen molar-refractivity contribution >= 4 is 6.09 Å². The molecule has 4 nitrogen and oxygen atoms in total. The van der Waals surface area contributed by atoms with Crippen LogP contribution in [-0.2, 0) is 4.74 Å². The Bertz CT molecular complexity index is 696. The molecule has 0 aliphatic heterocycles. The number of aliphatic hydroxyl groups excluding tert-OH is 1. The van der Waals surface area contributed by atoms with E-state index in [9.17, 15) is 9.90 Å². The molecule has 0 aromatic heterocycles. The molecule has 132 valence electrons. The molecule has 0 heterocycles. The van der Waals surface area contributed by atoms with E-state index in [0.29, 0.717) is 18.9 Å². The summed E-state index contributed by atoms with van der Waals surface area (Å²) in [4.78, 5) is 12.0. The van der Waals surface area contributed by atoms with Crippen LogP contribution in [0.25, 0.3) is 11.1 Å². The third kappa shape index (κ3) is 4.02. The predicted octanol–water partition coefficient (Wildman–Crippen LogP) is 3.93. The molecule has 1 atom stereocenters. The number of carbonyl (C=O) groups is 1. The maximum atomic E-state index is 12.0. The maximum Gasteiger partial charge on any atom is 0.407 e. The van der Waals surface area contributed by atoms with Crippen LogP contribution < -0.4 is 5.32 Å². The van der Waals surface area contributed by atoms with Crippen LogP contribution in [-0.4, -0.2) is 30.5 Å². The fourth-order valence-electron chi connectivity index (χ4n) is 3.48. The van der Waals surface area contributed by atoms with Crippen LogP contribution >= 0.6 is 0 Å². The molecular formula is C21H25NO3. The fraction of sp³-hybridized carbons (Fsp3) is 0.381. The van der Waals surface area contributed by atoms with Gasteiger partial charge < -0.3 is 15.2 Å². The van der Waals surface area contributed by atoms with Crippen molar-refractivity contribution in [1.29, 1.82) is 0 Å². The Morgan fingerprint density at radius 3 is 2.20 bits per heavy atom. The lowest BCUT2D eigenvalue weighted by Gasteiger charge is -2.16. The minimum Gasteiger partial charge on any atom is -0.449 e. The van der Waals surface area contributed by atoms with Crippen molar-refractivity contribution in [2.45, 2.75) is 32.3 Å². The average molecular weight is 339 g/mol. The maximum absolute atomic E-state index is 12.0. The Hall–Kier alpha value is -2.33. The molecule has 2 N–H and O–H groups in total. The second kappa shape index (κ2) is 7.70. The highest BCUT2D eigenvalue weighted by Crippen LogP contribution is 2.44. The number of fused-ring (bicyclic) bond motifs is 3. The number of alkyl carbamates (subject to hydrolysis) is 1. The number of hydrogen-bond acceptors (Lipinski definition) is 3. The SMILES string of the molecule is CC(C)C[C@H](O)CNC(=O)OCC1c2ccccc2-c2ccccc21. The minimum absolute atomic E-state index is 0.0544. The van der Waals surface area contributed by atoms with Crippen molar-refractivity contribution in [3.63, 3.8) is 0 Å². The van der Waals surface area contributed by atoms with Gasteiger partial charge in [-0.15, -0.1) is 0 Å². The van der Waals surface area contributed by atoms with Crippen LogP contribution in [0.5, 0.6) is 0 Å². The van der Waals surface area contributed by atoms with Crippen molar-refractivity contribution in [1.82, 2.24) is 5.32 Å². The van der Waals surface area contributed by atoms with Crippen LogP contribution in [0.1, 0.15) is 37.3 Å². The van der Waals surface area contributed by atoms with Gasteiger partial charge in [-0.3, -0.25) is 0 Å². The van der Waals surface area contributed by atoms with E-state index in [1.807, 2.05) is 38.1 Å². The quantitative estimate of drug-likeness (QED) is 0.838. The molecule has 1 aliphatic rings. The van der Waals surface area contributed by atoms with Crippen molar-refractivity contribution in [2.24, 2.45) is 5.92 Å². The van der Waals surface area contributed by atoms with Gasteiger partial charge in [0.2, 0.25) is 0 Å². The molecule has 0 unspecified atom stereocenters. The molecule has 0 radical (unpaired) electrons. The zero-order valence-electron chi connectivity index (χ0n) is 14.7. The third-order valence-corrected chi connectivity index (χ3v) is 4.57. The number of hydrogen-bond donors (Lipinski definition) is 2. The highest BCUT2D eigenvalue weighted by Gasteiger charge is 2.28. The molecule has 2 aromatic carbocycles. The molecule has 1 aliphatic carbocycles. The first kappa shape index (κ1) is 17.5. The summed E-state index contributed by atoms with van der Waals surface area (Å²) in [5.74, 6) is 0.443. The van der Waals surface area contributed by atoms with Gasteiger partial charge in [-0.05, 0) is 34.6 Å². The van der Waals surface area contributed by atoms with Gasteiger partial charge in [0.05, 0.1) is 6.10 Å². The van der Waals surface area contributed by atoms with E-state index < -0.39 is 12.2 Å². The molecule has 1 amide bonds. The Labute approximate surface area is 148 Å². The number of ether oxygens (including phenoxy) is 1. The Morgan fingerprint density at radius 1 is 1.08 bits per heavy atom. The first-order chi connectivity index (χ1) is 12.1. The second-order valence-corrected chi connectivity index (χ2v) is 6.99. The first-order valence-corrected chi connectivity index (χ1v) is 8.83. The van der Waals surface area contributed by atoms with Crippen molar-refractivity contribution < 1.29 is 14.6 Å². The number of nitrogens with one attached hydrogen (secondary N) is 1. The Balaban J connectivity index is 1.61. The highest BCUT2D eigenvalue weighted by atomic mass is 16.5. The van der Waals surface area contributed by atoms with E-state index in [4.69, 9.17) is 4.74 Å². The summed E-state index contributed by atoms with van der Waals surface area (Å²) in [5, 5.41) is 12.5. The van der Waals surface area contributed by atoms with Gasteiger partial charge >= 0.3 is 6.09 Å². The van der Waals surface area contributed by atoms with Crippen LogP contribution in [0, 0.1) is 5.92 Å². The number of carbonyl (C=O) groups excluding carboxylic acids is 1. The molecule has 0 spiro atoms. The van der Waals surface area contributed by atoms with E-state index in [1.54, 1.807) is 0 Å². The van der Waals surface area contributed by atoms with Crippen LogP contribution in [0.4, 0.5) is 4.79 Å². The predicted molar refractivity (Wildman–Crippen MR) is 98.5 cm³/mol. The van der Waals surface area contributed by atoms with E-state index in [2.05, 4.69) is 29.6 Å². The van der Waals surface area contributed by atoms with Gasteiger partial charge in [0, 0.05) is 12.5 Å².